The van der Waals surface area contributed by atoms with Crippen LogP contribution < -0.4 is 5.32 Å². The van der Waals surface area contributed by atoms with Crippen molar-refractivity contribution in [1.29, 1.82) is 0 Å². The molecule has 0 aliphatic heterocycles. The molecule has 3 heterocycles. The Morgan fingerprint density at radius 1 is 1.13 bits per heavy atom. The molecule has 0 radical (unpaired) electrons. The van der Waals surface area contributed by atoms with Crippen molar-refractivity contribution < 1.29 is 4.79 Å². The Balaban J connectivity index is 1.83. The molecule has 0 aliphatic carbocycles. The molecule has 7 heteroatoms. The van der Waals surface area contributed by atoms with Crippen LogP contribution in [0.15, 0.2) is 47.9 Å². The molecule has 0 aliphatic rings. The van der Waals surface area contributed by atoms with Crippen LogP contribution in [0.3, 0.4) is 0 Å². The van der Waals surface area contributed by atoms with Crippen molar-refractivity contribution in [3.05, 3.63) is 48.4 Å². The third-order valence-corrected chi connectivity index (χ3v) is 3.98. The second-order valence-corrected chi connectivity index (χ2v) is 7.83. The maximum Gasteiger partial charge on any atom is 0.256 e. The lowest BCUT2D eigenvalue weighted by atomic mass is 10.2. The van der Waals surface area contributed by atoms with Gasteiger partial charge in [0.15, 0.2) is 5.65 Å². The predicted molar refractivity (Wildman–Crippen MR) is 90.8 cm³/mol. The van der Waals surface area contributed by atoms with Crippen molar-refractivity contribution in [2.45, 2.75) is 30.5 Å². The molecule has 0 bridgehead atoms. The molecule has 1 amide bonds. The number of thioether (sulfide) groups is 1. The second kappa shape index (κ2) is 6.00. The van der Waals surface area contributed by atoms with E-state index in [9.17, 15) is 4.79 Å². The molecule has 1 N–H and O–H groups in total. The Bertz CT molecular complexity index is 853. The van der Waals surface area contributed by atoms with Crippen LogP contribution in [0.5, 0.6) is 0 Å². The number of anilines is 1. The van der Waals surface area contributed by atoms with E-state index in [2.05, 4.69) is 41.2 Å². The lowest BCUT2D eigenvalue weighted by Crippen LogP contribution is -2.15. The third-order valence-electron chi connectivity index (χ3n) is 2.94. The van der Waals surface area contributed by atoms with E-state index in [1.807, 2.05) is 0 Å². The number of amides is 1. The van der Waals surface area contributed by atoms with Crippen molar-refractivity contribution >= 4 is 29.1 Å². The van der Waals surface area contributed by atoms with Crippen LogP contribution in [0.2, 0.25) is 0 Å². The summed E-state index contributed by atoms with van der Waals surface area (Å²) < 4.78 is 1.62. The molecule has 3 aromatic heterocycles. The molecule has 6 nitrogen and oxygen atoms in total. The van der Waals surface area contributed by atoms with Crippen molar-refractivity contribution in [2.24, 2.45) is 0 Å². The summed E-state index contributed by atoms with van der Waals surface area (Å²) in [4.78, 5) is 21.0. The molecule has 0 atom stereocenters. The Hall–Kier alpha value is -2.41. The van der Waals surface area contributed by atoms with E-state index in [0.29, 0.717) is 17.0 Å². The average molecular weight is 327 g/mol. The van der Waals surface area contributed by atoms with Gasteiger partial charge in [-0.3, -0.25) is 4.79 Å². The summed E-state index contributed by atoms with van der Waals surface area (Å²) in [6.45, 7) is 6.33. The quantitative estimate of drug-likeness (QED) is 0.748. The number of carbonyl (C=O) groups excluding carboxylic acids is 1. The number of aromatic nitrogens is 4. The molecule has 3 rings (SSSR count). The Kier molecular flexibility index (Phi) is 4.04. The van der Waals surface area contributed by atoms with Gasteiger partial charge in [-0.2, -0.15) is 9.61 Å². The van der Waals surface area contributed by atoms with Crippen LogP contribution in [0, 0.1) is 0 Å². The average Bonchev–Trinajstić information content (AvgIpc) is 2.95. The molecule has 0 spiro atoms. The summed E-state index contributed by atoms with van der Waals surface area (Å²) in [5.41, 5.74) is 1.24. The van der Waals surface area contributed by atoms with Crippen molar-refractivity contribution in [1.82, 2.24) is 19.6 Å². The lowest BCUT2D eigenvalue weighted by molar-refractivity contribution is 0.102. The first kappa shape index (κ1) is 15.5. The van der Waals surface area contributed by atoms with Gasteiger partial charge in [-0.15, -0.1) is 11.8 Å². The van der Waals surface area contributed by atoms with E-state index < -0.39 is 0 Å². The summed E-state index contributed by atoms with van der Waals surface area (Å²) in [6.07, 6.45) is 4.93. The van der Waals surface area contributed by atoms with Crippen LogP contribution in [-0.2, 0) is 0 Å². The van der Waals surface area contributed by atoms with Crippen LogP contribution >= 0.6 is 11.8 Å². The largest absolute Gasteiger partial charge is 0.306 e. The fourth-order valence-electron chi connectivity index (χ4n) is 2.04. The minimum absolute atomic E-state index is 0.0361. The van der Waals surface area contributed by atoms with Gasteiger partial charge in [0.05, 0.1) is 11.2 Å². The molecule has 0 saturated heterocycles. The highest BCUT2D eigenvalue weighted by Crippen LogP contribution is 2.30. The number of rotatable bonds is 3. The topological polar surface area (TPSA) is 72.2 Å². The van der Waals surface area contributed by atoms with Crippen molar-refractivity contribution in [2.75, 3.05) is 5.32 Å². The number of pyridine rings is 1. The van der Waals surface area contributed by atoms with E-state index in [0.717, 1.165) is 5.03 Å². The Morgan fingerprint density at radius 3 is 2.70 bits per heavy atom. The van der Waals surface area contributed by atoms with E-state index >= 15 is 0 Å². The van der Waals surface area contributed by atoms with Gasteiger partial charge in [0.2, 0.25) is 0 Å². The molecule has 3 aromatic rings. The van der Waals surface area contributed by atoms with Gasteiger partial charge in [-0.05, 0) is 18.2 Å². The van der Waals surface area contributed by atoms with E-state index in [-0.39, 0.29) is 10.7 Å². The molecule has 0 aromatic carbocycles. The lowest BCUT2D eigenvalue weighted by Gasteiger charge is -2.16. The smallest absolute Gasteiger partial charge is 0.256 e. The van der Waals surface area contributed by atoms with Gasteiger partial charge < -0.3 is 5.32 Å². The zero-order valence-electron chi connectivity index (χ0n) is 13.1. The highest BCUT2D eigenvalue weighted by atomic mass is 32.2. The van der Waals surface area contributed by atoms with Crippen LogP contribution in [0.25, 0.3) is 5.65 Å². The van der Waals surface area contributed by atoms with Gasteiger partial charge in [0, 0.05) is 28.8 Å². The van der Waals surface area contributed by atoms with Gasteiger partial charge in [0.25, 0.3) is 5.91 Å². The summed E-state index contributed by atoms with van der Waals surface area (Å²) in [6, 6.07) is 6.99. The number of fused-ring (bicyclic) bond motifs is 1. The van der Waals surface area contributed by atoms with Gasteiger partial charge in [-0.1, -0.05) is 20.8 Å². The van der Waals surface area contributed by atoms with E-state index in [4.69, 9.17) is 0 Å². The van der Waals surface area contributed by atoms with E-state index in [1.54, 1.807) is 59.1 Å². The molecule has 0 saturated carbocycles. The molecular formula is C16H17N5OS. The van der Waals surface area contributed by atoms with Crippen LogP contribution in [-0.4, -0.2) is 30.2 Å². The first-order valence-corrected chi connectivity index (χ1v) is 7.99. The van der Waals surface area contributed by atoms with E-state index in [1.165, 1.54) is 0 Å². The first-order chi connectivity index (χ1) is 10.9. The minimum Gasteiger partial charge on any atom is -0.306 e. The molecule has 118 valence electrons. The third kappa shape index (κ3) is 3.68. The van der Waals surface area contributed by atoms with Crippen molar-refractivity contribution in [3.63, 3.8) is 0 Å². The van der Waals surface area contributed by atoms with Crippen molar-refractivity contribution in [3.8, 4) is 0 Å². The number of nitrogens with one attached hydrogen (secondary N) is 1. The standard InChI is InChI=1S/C16H17N5OS/c1-16(2,3)23-14-10-11(4-7-18-14)15(22)20-13-5-8-17-12-6-9-19-21(12)13/h4-10H,1-3H3,(H,20,22). The SMILES string of the molecule is CC(C)(C)Sc1cc(C(=O)Nc2ccnc3ccnn23)ccn1. The number of carbonyl (C=O) groups is 1. The Morgan fingerprint density at radius 2 is 1.91 bits per heavy atom. The number of hydrogen-bond donors (Lipinski definition) is 1. The monoisotopic (exact) mass is 327 g/mol. The van der Waals surface area contributed by atoms with Crippen LogP contribution in [0.1, 0.15) is 31.1 Å². The normalized spacial score (nSPS) is 11.6. The highest BCUT2D eigenvalue weighted by Gasteiger charge is 2.15. The second-order valence-electron chi connectivity index (χ2n) is 5.98. The maximum absolute atomic E-state index is 12.5. The molecule has 23 heavy (non-hydrogen) atoms. The summed E-state index contributed by atoms with van der Waals surface area (Å²) >= 11 is 1.62. The fraction of sp³-hybridized carbons (Fsp3) is 0.250. The predicted octanol–water partition coefficient (Wildman–Crippen LogP) is 3.27. The minimum atomic E-state index is -0.203. The fourth-order valence-corrected chi connectivity index (χ4v) is 2.96. The molecular weight excluding hydrogens is 310 g/mol. The van der Waals surface area contributed by atoms with Gasteiger partial charge in [-0.25, -0.2) is 9.97 Å². The zero-order valence-corrected chi connectivity index (χ0v) is 14.0. The van der Waals surface area contributed by atoms with Crippen LogP contribution in [0.4, 0.5) is 5.82 Å². The summed E-state index contributed by atoms with van der Waals surface area (Å²) in [7, 11) is 0. The van der Waals surface area contributed by atoms with Gasteiger partial charge >= 0.3 is 0 Å². The summed E-state index contributed by atoms with van der Waals surface area (Å²) in [5, 5.41) is 7.84. The highest BCUT2D eigenvalue weighted by molar-refractivity contribution is 8.00. The molecule has 0 fully saturated rings. The number of nitrogens with zero attached hydrogens (tertiary/aromatic N) is 4. The maximum atomic E-state index is 12.5. The van der Waals surface area contributed by atoms with Gasteiger partial charge in [0.1, 0.15) is 5.82 Å². The summed E-state index contributed by atoms with van der Waals surface area (Å²) in [5.74, 6) is 0.373. The Labute approximate surface area is 138 Å². The molecule has 0 unspecified atom stereocenters. The zero-order chi connectivity index (χ0) is 16.4. The first-order valence-electron chi connectivity index (χ1n) is 7.17. The number of hydrogen-bond acceptors (Lipinski definition) is 5.